The lowest BCUT2D eigenvalue weighted by atomic mass is 10.0. The van der Waals surface area contributed by atoms with Crippen molar-refractivity contribution in [3.05, 3.63) is 0 Å². The second-order valence-electron chi connectivity index (χ2n) is 7.60. The van der Waals surface area contributed by atoms with Gasteiger partial charge < -0.3 is 37.0 Å². The van der Waals surface area contributed by atoms with Crippen molar-refractivity contribution in [3.8, 4) is 0 Å². The van der Waals surface area contributed by atoms with Gasteiger partial charge in [0.05, 0.1) is 12.5 Å². The molecule has 0 saturated heterocycles. The van der Waals surface area contributed by atoms with Gasteiger partial charge in [-0.1, -0.05) is 13.8 Å². The minimum Gasteiger partial charge on any atom is -0.481 e. The highest BCUT2D eigenvalue weighted by Crippen LogP contribution is 2.07. The molecular formula is C19H32N4O9S. The highest BCUT2D eigenvalue weighted by molar-refractivity contribution is 7.98. The SMILES string of the molecule is CSCCC(NC(=O)C(N)C(C)C)C(=O)NC(CCC(=O)O)C(=O)NC(CC(=O)O)C(=O)O. The number of aliphatic carboxylic acids is 3. The Morgan fingerprint density at radius 2 is 1.27 bits per heavy atom. The minimum atomic E-state index is -1.78. The molecule has 3 amide bonds. The molecule has 188 valence electrons. The molecule has 0 fully saturated rings. The summed E-state index contributed by atoms with van der Waals surface area (Å²) >= 11 is 1.41. The van der Waals surface area contributed by atoms with Crippen LogP contribution in [0.3, 0.4) is 0 Å². The molecule has 0 spiro atoms. The fourth-order valence-corrected chi connectivity index (χ4v) is 3.00. The molecule has 14 heteroatoms. The van der Waals surface area contributed by atoms with Gasteiger partial charge >= 0.3 is 17.9 Å². The van der Waals surface area contributed by atoms with Gasteiger partial charge in [-0.25, -0.2) is 4.79 Å². The van der Waals surface area contributed by atoms with Crippen molar-refractivity contribution in [2.24, 2.45) is 11.7 Å². The molecule has 0 aliphatic carbocycles. The van der Waals surface area contributed by atoms with Crippen molar-refractivity contribution in [1.29, 1.82) is 0 Å². The molecule has 0 aliphatic rings. The zero-order valence-electron chi connectivity index (χ0n) is 18.7. The molecule has 0 aromatic heterocycles. The van der Waals surface area contributed by atoms with E-state index in [4.69, 9.17) is 21.1 Å². The number of carbonyl (C=O) groups excluding carboxylic acids is 3. The summed E-state index contributed by atoms with van der Waals surface area (Å²) in [5.74, 6) is -6.51. The maximum atomic E-state index is 12.8. The summed E-state index contributed by atoms with van der Waals surface area (Å²) in [5.41, 5.74) is 5.81. The summed E-state index contributed by atoms with van der Waals surface area (Å²) < 4.78 is 0. The van der Waals surface area contributed by atoms with Crippen LogP contribution in [0.5, 0.6) is 0 Å². The van der Waals surface area contributed by atoms with Gasteiger partial charge in [-0.2, -0.15) is 11.8 Å². The van der Waals surface area contributed by atoms with E-state index in [1.165, 1.54) is 11.8 Å². The average molecular weight is 493 g/mol. The number of carboxylic acids is 3. The van der Waals surface area contributed by atoms with Crippen LogP contribution < -0.4 is 21.7 Å². The summed E-state index contributed by atoms with van der Waals surface area (Å²) in [7, 11) is 0. The standard InChI is InChI=1S/C19H32N4O9S/c1-9(2)15(20)18(30)22-11(6-7-33-3)17(29)21-10(4-5-13(24)25)16(28)23-12(19(31)32)8-14(26)27/h9-12,15H,4-8,20H2,1-3H3,(H,21,29)(H,22,30)(H,23,28)(H,24,25)(H,26,27)(H,31,32). The third-order valence-electron chi connectivity index (χ3n) is 4.54. The topological polar surface area (TPSA) is 225 Å². The first-order chi connectivity index (χ1) is 15.3. The normalized spacial score (nSPS) is 14.5. The maximum absolute atomic E-state index is 12.8. The van der Waals surface area contributed by atoms with Crippen molar-refractivity contribution in [2.75, 3.05) is 12.0 Å². The zero-order valence-corrected chi connectivity index (χ0v) is 19.5. The van der Waals surface area contributed by atoms with Crippen molar-refractivity contribution in [3.63, 3.8) is 0 Å². The monoisotopic (exact) mass is 492 g/mol. The van der Waals surface area contributed by atoms with Gasteiger partial charge in [-0.05, 0) is 30.8 Å². The van der Waals surface area contributed by atoms with Crippen LogP contribution in [-0.4, -0.2) is 87.1 Å². The predicted octanol–water partition coefficient (Wildman–Crippen LogP) is -1.40. The molecule has 0 heterocycles. The Morgan fingerprint density at radius 3 is 1.70 bits per heavy atom. The van der Waals surface area contributed by atoms with Gasteiger partial charge in [0, 0.05) is 6.42 Å². The Morgan fingerprint density at radius 1 is 0.788 bits per heavy atom. The Balaban J connectivity index is 5.56. The molecule has 0 aromatic rings. The van der Waals surface area contributed by atoms with Crippen LogP contribution >= 0.6 is 11.8 Å². The van der Waals surface area contributed by atoms with E-state index >= 15 is 0 Å². The maximum Gasteiger partial charge on any atom is 0.326 e. The largest absolute Gasteiger partial charge is 0.481 e. The highest BCUT2D eigenvalue weighted by Gasteiger charge is 2.31. The second kappa shape index (κ2) is 15.1. The first-order valence-corrected chi connectivity index (χ1v) is 11.5. The zero-order chi connectivity index (χ0) is 25.7. The van der Waals surface area contributed by atoms with Crippen molar-refractivity contribution >= 4 is 47.4 Å². The molecule has 0 bridgehead atoms. The van der Waals surface area contributed by atoms with Gasteiger partial charge in [-0.3, -0.25) is 24.0 Å². The molecule has 0 aliphatic heterocycles. The number of amides is 3. The van der Waals surface area contributed by atoms with Crippen molar-refractivity contribution < 1.29 is 44.1 Å². The minimum absolute atomic E-state index is 0.188. The smallest absolute Gasteiger partial charge is 0.326 e. The Bertz CT molecular complexity index is 732. The van der Waals surface area contributed by atoms with Crippen LogP contribution in [0.25, 0.3) is 0 Å². The summed E-state index contributed by atoms with van der Waals surface area (Å²) in [6.07, 6.45) is 0.137. The third-order valence-corrected chi connectivity index (χ3v) is 5.18. The molecule has 8 N–H and O–H groups in total. The molecule has 0 rings (SSSR count). The molecular weight excluding hydrogens is 460 g/mol. The number of rotatable bonds is 16. The quantitative estimate of drug-likeness (QED) is 0.133. The number of carbonyl (C=O) groups is 6. The van der Waals surface area contributed by atoms with E-state index in [9.17, 15) is 28.8 Å². The van der Waals surface area contributed by atoms with E-state index in [1.807, 2.05) is 5.32 Å². The average Bonchev–Trinajstić information content (AvgIpc) is 2.71. The van der Waals surface area contributed by atoms with Crippen LogP contribution in [0.2, 0.25) is 0 Å². The van der Waals surface area contributed by atoms with Crippen LogP contribution in [-0.2, 0) is 28.8 Å². The van der Waals surface area contributed by atoms with E-state index < -0.39 is 72.6 Å². The lowest BCUT2D eigenvalue weighted by Crippen LogP contribution is -2.57. The van der Waals surface area contributed by atoms with E-state index in [0.29, 0.717) is 5.75 Å². The Hall–Kier alpha value is -2.87. The number of nitrogens with two attached hydrogens (primary N) is 1. The molecule has 0 saturated carbocycles. The lowest BCUT2D eigenvalue weighted by molar-refractivity contribution is -0.147. The summed E-state index contributed by atoms with van der Waals surface area (Å²) in [5, 5.41) is 33.7. The highest BCUT2D eigenvalue weighted by atomic mass is 32.2. The van der Waals surface area contributed by atoms with Crippen molar-refractivity contribution in [2.45, 2.75) is 63.7 Å². The van der Waals surface area contributed by atoms with Gasteiger partial charge in [0.2, 0.25) is 17.7 Å². The number of hydrogen-bond acceptors (Lipinski definition) is 8. The number of nitrogens with one attached hydrogen (secondary N) is 3. The van der Waals surface area contributed by atoms with E-state index in [1.54, 1.807) is 20.1 Å². The third kappa shape index (κ3) is 12.1. The molecule has 13 nitrogen and oxygen atoms in total. The predicted molar refractivity (Wildman–Crippen MR) is 118 cm³/mol. The van der Waals surface area contributed by atoms with Crippen LogP contribution in [0.4, 0.5) is 0 Å². The molecule has 4 atom stereocenters. The van der Waals surface area contributed by atoms with Gasteiger partial charge in [0.1, 0.15) is 18.1 Å². The van der Waals surface area contributed by atoms with Crippen LogP contribution in [0.1, 0.15) is 39.5 Å². The summed E-state index contributed by atoms with van der Waals surface area (Å²) in [6.45, 7) is 3.45. The first-order valence-electron chi connectivity index (χ1n) is 10.1. The Kier molecular flexibility index (Phi) is 13.7. The number of thioether (sulfide) groups is 1. The molecule has 0 aromatic carbocycles. The molecule has 4 unspecified atom stereocenters. The van der Waals surface area contributed by atoms with Crippen molar-refractivity contribution in [1.82, 2.24) is 16.0 Å². The van der Waals surface area contributed by atoms with Gasteiger partial charge in [0.25, 0.3) is 0 Å². The first kappa shape index (κ1) is 30.1. The molecule has 33 heavy (non-hydrogen) atoms. The lowest BCUT2D eigenvalue weighted by Gasteiger charge is -2.25. The summed E-state index contributed by atoms with van der Waals surface area (Å²) in [6, 6.07) is -5.22. The van der Waals surface area contributed by atoms with Gasteiger partial charge in [-0.15, -0.1) is 0 Å². The fourth-order valence-electron chi connectivity index (χ4n) is 2.53. The summed E-state index contributed by atoms with van der Waals surface area (Å²) in [4.78, 5) is 70.7. The fraction of sp³-hybridized carbons (Fsp3) is 0.684. The number of hydrogen-bond donors (Lipinski definition) is 7. The van der Waals surface area contributed by atoms with E-state index in [-0.39, 0.29) is 18.8 Å². The Labute approximate surface area is 195 Å². The van der Waals surface area contributed by atoms with E-state index in [2.05, 4.69) is 10.6 Å². The molecule has 0 radical (unpaired) electrons. The van der Waals surface area contributed by atoms with E-state index in [0.717, 1.165) is 0 Å². The van der Waals surface area contributed by atoms with Crippen LogP contribution in [0, 0.1) is 5.92 Å². The van der Waals surface area contributed by atoms with Crippen LogP contribution in [0.15, 0.2) is 0 Å². The van der Waals surface area contributed by atoms with Gasteiger partial charge in [0.15, 0.2) is 0 Å². The second-order valence-corrected chi connectivity index (χ2v) is 8.59. The number of carboxylic acid groups (broad SMARTS) is 3.